The third-order valence-electron chi connectivity index (χ3n) is 3.55. The summed E-state index contributed by atoms with van der Waals surface area (Å²) in [5.41, 5.74) is 0. The molecule has 16 heavy (non-hydrogen) atoms. The van der Waals surface area contributed by atoms with Crippen LogP contribution in [0.5, 0.6) is 0 Å². The van der Waals surface area contributed by atoms with Crippen molar-refractivity contribution in [3.05, 3.63) is 0 Å². The van der Waals surface area contributed by atoms with E-state index in [2.05, 4.69) is 12.2 Å². The third-order valence-corrected chi connectivity index (χ3v) is 3.55. The zero-order valence-corrected chi connectivity index (χ0v) is 11.5. The van der Waals surface area contributed by atoms with Crippen LogP contribution in [-0.4, -0.2) is 37.5 Å². The Morgan fingerprint density at radius 2 is 2.00 bits per heavy atom. The van der Waals surface area contributed by atoms with E-state index in [0.29, 0.717) is 18.4 Å². The summed E-state index contributed by atoms with van der Waals surface area (Å²) in [4.78, 5) is 13.8. The van der Waals surface area contributed by atoms with E-state index < -0.39 is 0 Å². The summed E-state index contributed by atoms with van der Waals surface area (Å²) in [6, 6.07) is 0.475. The normalized spacial score (nSPS) is 24.7. The maximum Gasteiger partial charge on any atom is 0.223 e. The summed E-state index contributed by atoms with van der Waals surface area (Å²) in [6.07, 6.45) is 5.68. The Bertz CT molecular complexity index is 211. The van der Waals surface area contributed by atoms with Crippen molar-refractivity contribution in [1.29, 1.82) is 0 Å². The monoisotopic (exact) mass is 248 g/mol. The minimum Gasteiger partial charge on any atom is -0.342 e. The SMILES string of the molecule is CNCCC(=O)N(C)C1CCCCC1C.Cl. The van der Waals surface area contributed by atoms with Crippen molar-refractivity contribution in [2.45, 2.75) is 45.1 Å². The molecule has 0 heterocycles. The van der Waals surface area contributed by atoms with Crippen molar-refractivity contribution in [2.75, 3.05) is 20.6 Å². The van der Waals surface area contributed by atoms with Gasteiger partial charge in [0.1, 0.15) is 0 Å². The number of carbonyl (C=O) groups excluding carboxylic acids is 1. The molecule has 0 aromatic rings. The molecule has 0 radical (unpaired) electrons. The highest BCUT2D eigenvalue weighted by molar-refractivity contribution is 5.85. The molecule has 1 N–H and O–H groups in total. The smallest absolute Gasteiger partial charge is 0.223 e. The number of rotatable bonds is 4. The molecular weight excluding hydrogens is 224 g/mol. The maximum atomic E-state index is 11.8. The Balaban J connectivity index is 0.00000225. The number of nitrogens with one attached hydrogen (secondary N) is 1. The van der Waals surface area contributed by atoms with E-state index in [1.54, 1.807) is 0 Å². The first-order valence-corrected chi connectivity index (χ1v) is 6.07. The van der Waals surface area contributed by atoms with Crippen LogP contribution in [-0.2, 0) is 4.79 Å². The van der Waals surface area contributed by atoms with Gasteiger partial charge in [0.05, 0.1) is 0 Å². The number of hydrogen-bond acceptors (Lipinski definition) is 2. The largest absolute Gasteiger partial charge is 0.342 e. The molecule has 0 spiro atoms. The first kappa shape index (κ1) is 15.7. The fourth-order valence-electron chi connectivity index (χ4n) is 2.47. The van der Waals surface area contributed by atoms with Gasteiger partial charge in [0.2, 0.25) is 5.91 Å². The summed E-state index contributed by atoms with van der Waals surface area (Å²) >= 11 is 0. The third kappa shape index (κ3) is 4.30. The Morgan fingerprint density at radius 1 is 1.38 bits per heavy atom. The lowest BCUT2D eigenvalue weighted by Gasteiger charge is -2.36. The molecule has 0 aliphatic heterocycles. The van der Waals surface area contributed by atoms with Gasteiger partial charge in [-0.25, -0.2) is 0 Å². The molecule has 1 aliphatic carbocycles. The van der Waals surface area contributed by atoms with E-state index in [1.165, 1.54) is 25.7 Å². The van der Waals surface area contributed by atoms with Crippen LogP contribution < -0.4 is 5.32 Å². The second kappa shape index (κ2) is 7.91. The molecule has 0 bridgehead atoms. The first-order valence-electron chi connectivity index (χ1n) is 6.07. The summed E-state index contributed by atoms with van der Waals surface area (Å²) in [6.45, 7) is 3.05. The van der Waals surface area contributed by atoms with Gasteiger partial charge in [0, 0.05) is 26.1 Å². The van der Waals surface area contributed by atoms with Crippen molar-refractivity contribution >= 4 is 18.3 Å². The Morgan fingerprint density at radius 3 is 2.56 bits per heavy atom. The van der Waals surface area contributed by atoms with Crippen LogP contribution in [0.15, 0.2) is 0 Å². The molecule has 0 saturated heterocycles. The highest BCUT2D eigenvalue weighted by Crippen LogP contribution is 2.27. The van der Waals surface area contributed by atoms with Gasteiger partial charge in [0.15, 0.2) is 0 Å². The summed E-state index contributed by atoms with van der Waals surface area (Å²) < 4.78 is 0. The van der Waals surface area contributed by atoms with E-state index in [0.717, 1.165) is 6.54 Å². The Labute approximate surface area is 105 Å². The quantitative estimate of drug-likeness (QED) is 0.826. The van der Waals surface area contributed by atoms with Crippen molar-refractivity contribution in [3.63, 3.8) is 0 Å². The lowest BCUT2D eigenvalue weighted by atomic mass is 9.85. The molecule has 4 heteroatoms. The van der Waals surface area contributed by atoms with Gasteiger partial charge >= 0.3 is 0 Å². The fraction of sp³-hybridized carbons (Fsp3) is 0.917. The van der Waals surface area contributed by atoms with Gasteiger partial charge in [0.25, 0.3) is 0 Å². The van der Waals surface area contributed by atoms with Crippen LogP contribution in [0.1, 0.15) is 39.0 Å². The topological polar surface area (TPSA) is 32.3 Å². The van der Waals surface area contributed by atoms with Gasteiger partial charge in [-0.1, -0.05) is 19.8 Å². The van der Waals surface area contributed by atoms with Crippen LogP contribution >= 0.6 is 12.4 Å². The van der Waals surface area contributed by atoms with Crippen molar-refractivity contribution in [2.24, 2.45) is 5.92 Å². The van der Waals surface area contributed by atoms with Crippen LogP contribution in [0.25, 0.3) is 0 Å². The van der Waals surface area contributed by atoms with Crippen LogP contribution in [0.2, 0.25) is 0 Å². The summed E-state index contributed by atoms with van der Waals surface area (Å²) in [5, 5.41) is 3.02. The van der Waals surface area contributed by atoms with Crippen LogP contribution in [0.3, 0.4) is 0 Å². The maximum absolute atomic E-state index is 11.8. The standard InChI is InChI=1S/C12H24N2O.ClH/c1-10-6-4-5-7-11(10)14(3)12(15)8-9-13-2;/h10-11,13H,4-9H2,1-3H3;1H. The van der Waals surface area contributed by atoms with Gasteiger partial charge in [-0.2, -0.15) is 0 Å². The molecule has 2 atom stereocenters. The number of hydrogen-bond donors (Lipinski definition) is 1. The predicted octanol–water partition coefficient (Wildman–Crippen LogP) is 2.05. The molecule has 0 aromatic carbocycles. The second-order valence-electron chi connectivity index (χ2n) is 4.69. The molecule has 1 aliphatic rings. The van der Waals surface area contributed by atoms with Crippen molar-refractivity contribution < 1.29 is 4.79 Å². The average molecular weight is 249 g/mol. The molecule has 1 fully saturated rings. The molecule has 3 nitrogen and oxygen atoms in total. The minimum absolute atomic E-state index is 0. The zero-order valence-electron chi connectivity index (χ0n) is 10.7. The second-order valence-corrected chi connectivity index (χ2v) is 4.69. The van der Waals surface area contributed by atoms with Crippen LogP contribution in [0, 0.1) is 5.92 Å². The van der Waals surface area contributed by atoms with Gasteiger partial charge < -0.3 is 10.2 Å². The molecule has 1 amide bonds. The van der Waals surface area contributed by atoms with Gasteiger partial charge in [-0.05, 0) is 25.8 Å². The highest BCUT2D eigenvalue weighted by Gasteiger charge is 2.27. The molecule has 2 unspecified atom stereocenters. The Hall–Kier alpha value is -0.280. The predicted molar refractivity (Wildman–Crippen MR) is 70.0 cm³/mol. The van der Waals surface area contributed by atoms with Gasteiger partial charge in [-0.3, -0.25) is 4.79 Å². The highest BCUT2D eigenvalue weighted by atomic mass is 35.5. The van der Waals surface area contributed by atoms with E-state index in [-0.39, 0.29) is 18.3 Å². The van der Waals surface area contributed by atoms with E-state index in [9.17, 15) is 4.79 Å². The molecule has 96 valence electrons. The summed E-state index contributed by atoms with van der Waals surface area (Å²) in [7, 11) is 3.85. The number of carbonyl (C=O) groups is 1. The minimum atomic E-state index is 0. The Kier molecular flexibility index (Phi) is 7.77. The molecular formula is C12H25ClN2O. The van der Waals surface area contributed by atoms with E-state index in [4.69, 9.17) is 0 Å². The molecule has 1 saturated carbocycles. The zero-order chi connectivity index (χ0) is 11.3. The number of nitrogens with zero attached hydrogens (tertiary/aromatic N) is 1. The first-order chi connectivity index (χ1) is 7.16. The molecule has 1 rings (SSSR count). The van der Waals surface area contributed by atoms with Crippen molar-refractivity contribution in [1.82, 2.24) is 10.2 Å². The average Bonchev–Trinajstić information content (AvgIpc) is 2.25. The number of halogens is 1. The summed E-state index contributed by atoms with van der Waals surface area (Å²) in [5.74, 6) is 0.949. The van der Waals surface area contributed by atoms with E-state index >= 15 is 0 Å². The molecule has 0 aromatic heterocycles. The van der Waals surface area contributed by atoms with Crippen LogP contribution in [0.4, 0.5) is 0 Å². The lowest BCUT2D eigenvalue weighted by Crippen LogP contribution is -2.43. The number of amides is 1. The lowest BCUT2D eigenvalue weighted by molar-refractivity contribution is -0.133. The van der Waals surface area contributed by atoms with Gasteiger partial charge in [-0.15, -0.1) is 12.4 Å². The fourth-order valence-corrected chi connectivity index (χ4v) is 2.47. The van der Waals surface area contributed by atoms with Crippen molar-refractivity contribution in [3.8, 4) is 0 Å². The van der Waals surface area contributed by atoms with E-state index in [1.807, 2.05) is 19.0 Å².